The van der Waals surface area contributed by atoms with E-state index in [-0.39, 0.29) is 0 Å². The van der Waals surface area contributed by atoms with Crippen molar-refractivity contribution in [2.24, 2.45) is 4.99 Å². The molecule has 2 heterocycles. The summed E-state index contributed by atoms with van der Waals surface area (Å²) >= 11 is 0. The second-order valence-corrected chi connectivity index (χ2v) is 4.27. The molecule has 18 heavy (non-hydrogen) atoms. The number of hydrogen-bond acceptors (Lipinski definition) is 5. The molecule has 0 amide bonds. The molecule has 0 unspecified atom stereocenters. The molecule has 0 N–H and O–H groups in total. The molecule has 1 aromatic rings. The molecular formula is C13H16N2O3. The zero-order valence-electron chi connectivity index (χ0n) is 10.4. The molecule has 0 atom stereocenters. The number of hydrogen-bond donors (Lipinski definition) is 0. The maximum atomic E-state index is 5.85. The highest BCUT2D eigenvalue weighted by atomic mass is 16.5. The molecule has 3 rings (SSSR count). The number of nitrogens with zero attached hydrogens (tertiary/aromatic N) is 2. The zero-order chi connectivity index (χ0) is 12.4. The van der Waals surface area contributed by atoms with Crippen LogP contribution in [0.25, 0.3) is 0 Å². The molecule has 0 spiro atoms. The second-order valence-electron chi connectivity index (χ2n) is 4.27. The standard InChI is InChI=1S/C13H16N2O3/c1-16-11-3-2-10-9-14-13(18-12(10)8-11)15-4-6-17-7-5-15/h2-3,8H,4-7,9H2,1H3. The summed E-state index contributed by atoms with van der Waals surface area (Å²) in [7, 11) is 1.65. The number of ether oxygens (including phenoxy) is 3. The molecule has 0 aliphatic carbocycles. The maximum absolute atomic E-state index is 5.85. The number of amidine groups is 1. The van der Waals surface area contributed by atoms with Crippen molar-refractivity contribution in [3.8, 4) is 11.5 Å². The molecule has 1 aromatic carbocycles. The smallest absolute Gasteiger partial charge is 0.293 e. The Morgan fingerprint density at radius 2 is 2.11 bits per heavy atom. The highest BCUT2D eigenvalue weighted by molar-refractivity contribution is 5.78. The van der Waals surface area contributed by atoms with Crippen LogP contribution < -0.4 is 9.47 Å². The fourth-order valence-electron chi connectivity index (χ4n) is 2.09. The summed E-state index contributed by atoms with van der Waals surface area (Å²) in [5.74, 6) is 1.64. The molecule has 1 saturated heterocycles. The van der Waals surface area contributed by atoms with Crippen LogP contribution in [-0.2, 0) is 11.3 Å². The fourth-order valence-corrected chi connectivity index (χ4v) is 2.09. The molecule has 0 bridgehead atoms. The fraction of sp³-hybridized carbons (Fsp3) is 0.462. The molecule has 1 fully saturated rings. The van der Waals surface area contributed by atoms with E-state index in [0.29, 0.717) is 12.6 Å². The quantitative estimate of drug-likeness (QED) is 0.751. The van der Waals surface area contributed by atoms with Crippen LogP contribution in [0.2, 0.25) is 0 Å². The van der Waals surface area contributed by atoms with Crippen LogP contribution in [0.4, 0.5) is 0 Å². The van der Waals surface area contributed by atoms with Crippen LogP contribution >= 0.6 is 0 Å². The third kappa shape index (κ3) is 2.13. The SMILES string of the molecule is COc1ccc2c(c1)OC(N1CCOCC1)=NC2. The van der Waals surface area contributed by atoms with E-state index in [2.05, 4.69) is 9.89 Å². The van der Waals surface area contributed by atoms with Crippen LogP contribution in [0.15, 0.2) is 23.2 Å². The van der Waals surface area contributed by atoms with E-state index in [1.54, 1.807) is 7.11 Å². The Labute approximate surface area is 106 Å². The van der Waals surface area contributed by atoms with Crippen LogP contribution in [0.1, 0.15) is 5.56 Å². The van der Waals surface area contributed by atoms with Crippen molar-refractivity contribution in [2.75, 3.05) is 33.4 Å². The van der Waals surface area contributed by atoms with Gasteiger partial charge in [-0.3, -0.25) is 0 Å². The summed E-state index contributed by atoms with van der Waals surface area (Å²) in [6.45, 7) is 3.78. The molecule has 5 nitrogen and oxygen atoms in total. The Balaban J connectivity index is 1.78. The van der Waals surface area contributed by atoms with Crippen LogP contribution in [0.5, 0.6) is 11.5 Å². The van der Waals surface area contributed by atoms with Gasteiger partial charge in [-0.05, 0) is 12.1 Å². The number of methoxy groups -OCH3 is 1. The van der Waals surface area contributed by atoms with Gasteiger partial charge in [0, 0.05) is 24.7 Å². The Hall–Kier alpha value is -1.75. The van der Waals surface area contributed by atoms with Gasteiger partial charge in [0.25, 0.3) is 6.02 Å². The average Bonchev–Trinajstić information content (AvgIpc) is 2.47. The average molecular weight is 248 g/mol. The largest absolute Gasteiger partial charge is 0.497 e. The monoisotopic (exact) mass is 248 g/mol. The number of fused-ring (bicyclic) bond motifs is 1. The predicted molar refractivity (Wildman–Crippen MR) is 67.2 cm³/mol. The lowest BCUT2D eigenvalue weighted by molar-refractivity contribution is 0.0609. The van der Waals surface area contributed by atoms with Gasteiger partial charge in [0.15, 0.2) is 0 Å². The van der Waals surface area contributed by atoms with E-state index in [0.717, 1.165) is 43.4 Å². The van der Waals surface area contributed by atoms with E-state index in [1.807, 2.05) is 18.2 Å². The first-order valence-electron chi connectivity index (χ1n) is 6.09. The van der Waals surface area contributed by atoms with Crippen molar-refractivity contribution < 1.29 is 14.2 Å². The topological polar surface area (TPSA) is 43.3 Å². The number of rotatable bonds is 1. The molecule has 5 heteroatoms. The van der Waals surface area contributed by atoms with Gasteiger partial charge in [-0.1, -0.05) is 0 Å². The number of aliphatic imine (C=N–C) groups is 1. The molecular weight excluding hydrogens is 232 g/mol. The van der Waals surface area contributed by atoms with Gasteiger partial charge in [0.1, 0.15) is 11.5 Å². The van der Waals surface area contributed by atoms with Crippen molar-refractivity contribution in [2.45, 2.75) is 6.54 Å². The maximum Gasteiger partial charge on any atom is 0.293 e. The Kier molecular flexibility index (Phi) is 3.06. The summed E-state index contributed by atoms with van der Waals surface area (Å²) in [6.07, 6.45) is 0. The Bertz CT molecular complexity index is 467. The van der Waals surface area contributed by atoms with E-state index < -0.39 is 0 Å². The minimum atomic E-state index is 0.659. The summed E-state index contributed by atoms with van der Waals surface area (Å²) < 4.78 is 16.4. The lowest BCUT2D eigenvalue weighted by Gasteiger charge is -2.31. The van der Waals surface area contributed by atoms with Crippen molar-refractivity contribution in [1.29, 1.82) is 0 Å². The summed E-state index contributed by atoms with van der Waals surface area (Å²) in [6, 6.07) is 6.52. The van der Waals surface area contributed by atoms with E-state index in [1.165, 1.54) is 0 Å². The first kappa shape index (κ1) is 11.3. The van der Waals surface area contributed by atoms with Crippen LogP contribution in [-0.4, -0.2) is 44.3 Å². The first-order chi connectivity index (χ1) is 8.86. The zero-order valence-corrected chi connectivity index (χ0v) is 10.4. The second kappa shape index (κ2) is 4.86. The summed E-state index contributed by atoms with van der Waals surface area (Å²) in [4.78, 5) is 6.59. The summed E-state index contributed by atoms with van der Waals surface area (Å²) in [5, 5.41) is 0. The highest BCUT2D eigenvalue weighted by Crippen LogP contribution is 2.28. The summed E-state index contributed by atoms with van der Waals surface area (Å²) in [5.41, 5.74) is 1.09. The molecule has 2 aliphatic rings. The molecule has 96 valence electrons. The van der Waals surface area contributed by atoms with Gasteiger partial charge >= 0.3 is 0 Å². The van der Waals surface area contributed by atoms with Gasteiger partial charge in [0.2, 0.25) is 0 Å². The Morgan fingerprint density at radius 1 is 1.28 bits per heavy atom. The lowest BCUT2D eigenvalue weighted by atomic mass is 10.2. The molecule has 0 saturated carbocycles. The number of benzene rings is 1. The number of morpholine rings is 1. The van der Waals surface area contributed by atoms with Crippen molar-refractivity contribution in [3.05, 3.63) is 23.8 Å². The van der Waals surface area contributed by atoms with Crippen LogP contribution in [0, 0.1) is 0 Å². The first-order valence-corrected chi connectivity index (χ1v) is 6.09. The van der Waals surface area contributed by atoms with E-state index >= 15 is 0 Å². The minimum Gasteiger partial charge on any atom is -0.497 e. The van der Waals surface area contributed by atoms with E-state index in [9.17, 15) is 0 Å². The normalized spacial score (nSPS) is 18.7. The van der Waals surface area contributed by atoms with Gasteiger partial charge in [-0.25, -0.2) is 4.99 Å². The van der Waals surface area contributed by atoms with Crippen molar-refractivity contribution in [1.82, 2.24) is 4.90 Å². The Morgan fingerprint density at radius 3 is 2.89 bits per heavy atom. The third-order valence-corrected chi connectivity index (χ3v) is 3.14. The van der Waals surface area contributed by atoms with Crippen LogP contribution in [0.3, 0.4) is 0 Å². The minimum absolute atomic E-state index is 0.659. The third-order valence-electron chi connectivity index (χ3n) is 3.14. The predicted octanol–water partition coefficient (Wildman–Crippen LogP) is 1.28. The molecule has 0 radical (unpaired) electrons. The molecule has 0 aromatic heterocycles. The van der Waals surface area contributed by atoms with Crippen molar-refractivity contribution >= 4 is 6.02 Å². The molecule has 2 aliphatic heterocycles. The van der Waals surface area contributed by atoms with Gasteiger partial charge in [0.05, 0.1) is 26.9 Å². The van der Waals surface area contributed by atoms with Gasteiger partial charge < -0.3 is 19.1 Å². The van der Waals surface area contributed by atoms with E-state index in [4.69, 9.17) is 14.2 Å². The lowest BCUT2D eigenvalue weighted by Crippen LogP contribution is -2.44. The van der Waals surface area contributed by atoms with Gasteiger partial charge in [-0.15, -0.1) is 0 Å². The van der Waals surface area contributed by atoms with Gasteiger partial charge in [-0.2, -0.15) is 0 Å². The highest BCUT2D eigenvalue weighted by Gasteiger charge is 2.21. The van der Waals surface area contributed by atoms with Crippen molar-refractivity contribution in [3.63, 3.8) is 0 Å².